The van der Waals surface area contributed by atoms with Crippen LogP contribution in [0.15, 0.2) is 12.2 Å². The van der Waals surface area contributed by atoms with E-state index in [1.165, 1.54) is 44.9 Å². The molecule has 0 bridgehead atoms. The highest BCUT2D eigenvalue weighted by atomic mass is 14.6. The van der Waals surface area contributed by atoms with Gasteiger partial charge in [0.15, 0.2) is 0 Å². The standard InChI is InChI=1S/C20H32/c1-14-7-10-17-16-9-8-15-6-4-5-12-20(15,3)18(16)11-13-19(14,17)2/h4-5,14-18H,6-13H2,1-3H3/t14?,15?,16-,17-,18-,19+,20-/m0/s1. The Morgan fingerprint density at radius 1 is 0.850 bits per heavy atom. The highest BCUT2D eigenvalue weighted by Crippen LogP contribution is 2.66. The second kappa shape index (κ2) is 4.37. The summed E-state index contributed by atoms with van der Waals surface area (Å²) in [5.74, 6) is 5.13. The molecule has 0 spiro atoms. The summed E-state index contributed by atoms with van der Waals surface area (Å²) in [6.45, 7) is 7.83. The molecule has 4 rings (SSSR count). The first-order valence-corrected chi connectivity index (χ1v) is 9.21. The number of hydrogen-bond donors (Lipinski definition) is 0. The molecule has 0 aromatic rings. The number of allylic oxidation sites excluding steroid dienone is 2. The molecule has 0 aromatic carbocycles. The van der Waals surface area contributed by atoms with Crippen LogP contribution >= 0.6 is 0 Å². The molecule has 4 aliphatic carbocycles. The van der Waals surface area contributed by atoms with Crippen LogP contribution in [0.3, 0.4) is 0 Å². The second-order valence-electron chi connectivity index (χ2n) is 9.09. The van der Waals surface area contributed by atoms with Crippen LogP contribution in [0.5, 0.6) is 0 Å². The van der Waals surface area contributed by atoms with Crippen molar-refractivity contribution in [2.75, 3.05) is 0 Å². The highest BCUT2D eigenvalue weighted by molar-refractivity contribution is 5.11. The van der Waals surface area contributed by atoms with Crippen LogP contribution in [-0.2, 0) is 0 Å². The average molecular weight is 272 g/mol. The summed E-state index contributed by atoms with van der Waals surface area (Å²) < 4.78 is 0. The quantitative estimate of drug-likeness (QED) is 0.487. The van der Waals surface area contributed by atoms with E-state index in [1.54, 1.807) is 6.42 Å². The van der Waals surface area contributed by atoms with Crippen LogP contribution in [0.25, 0.3) is 0 Å². The zero-order valence-corrected chi connectivity index (χ0v) is 13.7. The van der Waals surface area contributed by atoms with Gasteiger partial charge in [-0.1, -0.05) is 32.9 Å². The van der Waals surface area contributed by atoms with Crippen molar-refractivity contribution in [3.63, 3.8) is 0 Å². The van der Waals surface area contributed by atoms with Gasteiger partial charge in [-0.3, -0.25) is 0 Å². The summed E-state index contributed by atoms with van der Waals surface area (Å²) >= 11 is 0. The lowest BCUT2D eigenvalue weighted by Gasteiger charge is -2.59. The van der Waals surface area contributed by atoms with E-state index in [0.29, 0.717) is 10.8 Å². The number of fused-ring (bicyclic) bond motifs is 5. The van der Waals surface area contributed by atoms with Crippen molar-refractivity contribution in [2.45, 2.75) is 72.1 Å². The van der Waals surface area contributed by atoms with Gasteiger partial charge in [-0.25, -0.2) is 0 Å². The molecule has 7 atom stereocenters. The Morgan fingerprint density at radius 2 is 1.65 bits per heavy atom. The molecule has 0 heterocycles. The van der Waals surface area contributed by atoms with Crippen molar-refractivity contribution in [2.24, 2.45) is 40.4 Å². The van der Waals surface area contributed by atoms with Gasteiger partial charge in [-0.2, -0.15) is 0 Å². The topological polar surface area (TPSA) is 0 Å². The minimum atomic E-state index is 0.644. The van der Waals surface area contributed by atoms with Crippen molar-refractivity contribution in [3.05, 3.63) is 12.2 Å². The van der Waals surface area contributed by atoms with Crippen LogP contribution in [0, 0.1) is 40.4 Å². The Morgan fingerprint density at radius 3 is 2.50 bits per heavy atom. The molecule has 2 unspecified atom stereocenters. The largest absolute Gasteiger partial charge is 0.0882 e. The van der Waals surface area contributed by atoms with Crippen molar-refractivity contribution in [1.29, 1.82) is 0 Å². The van der Waals surface area contributed by atoms with E-state index in [2.05, 4.69) is 32.9 Å². The van der Waals surface area contributed by atoms with Gasteiger partial charge < -0.3 is 0 Å². The molecule has 0 amide bonds. The number of rotatable bonds is 0. The van der Waals surface area contributed by atoms with E-state index in [1.807, 2.05) is 0 Å². The summed E-state index contributed by atoms with van der Waals surface area (Å²) in [7, 11) is 0. The van der Waals surface area contributed by atoms with E-state index >= 15 is 0 Å². The van der Waals surface area contributed by atoms with E-state index in [9.17, 15) is 0 Å². The van der Waals surface area contributed by atoms with Crippen LogP contribution in [0.1, 0.15) is 72.1 Å². The van der Waals surface area contributed by atoms with Crippen LogP contribution < -0.4 is 0 Å². The van der Waals surface area contributed by atoms with Crippen molar-refractivity contribution in [3.8, 4) is 0 Å². The first-order valence-electron chi connectivity index (χ1n) is 9.21. The van der Waals surface area contributed by atoms with Crippen LogP contribution in [-0.4, -0.2) is 0 Å². The molecule has 0 N–H and O–H groups in total. The summed E-state index contributed by atoms with van der Waals surface area (Å²) in [6, 6.07) is 0. The summed E-state index contributed by atoms with van der Waals surface area (Å²) in [4.78, 5) is 0. The van der Waals surface area contributed by atoms with Crippen molar-refractivity contribution < 1.29 is 0 Å². The first-order chi connectivity index (χ1) is 9.56. The Bertz CT molecular complexity index is 422. The molecular weight excluding hydrogens is 240 g/mol. The first kappa shape index (κ1) is 13.4. The summed E-state index contributed by atoms with van der Waals surface area (Å²) in [5.41, 5.74) is 1.33. The fourth-order valence-electron chi connectivity index (χ4n) is 7.10. The van der Waals surface area contributed by atoms with E-state index in [0.717, 1.165) is 29.6 Å². The van der Waals surface area contributed by atoms with Crippen molar-refractivity contribution in [1.82, 2.24) is 0 Å². The van der Waals surface area contributed by atoms with Gasteiger partial charge >= 0.3 is 0 Å². The van der Waals surface area contributed by atoms with Gasteiger partial charge in [0.05, 0.1) is 0 Å². The number of hydrogen-bond acceptors (Lipinski definition) is 0. The lowest BCUT2D eigenvalue weighted by Crippen LogP contribution is -2.52. The predicted molar refractivity (Wildman–Crippen MR) is 85.4 cm³/mol. The highest BCUT2D eigenvalue weighted by Gasteiger charge is 2.58. The molecule has 0 nitrogen and oxygen atoms in total. The third kappa shape index (κ3) is 1.60. The Kier molecular flexibility index (Phi) is 2.93. The normalized spacial score (nSPS) is 57.9. The van der Waals surface area contributed by atoms with Gasteiger partial charge in [0, 0.05) is 0 Å². The minimum Gasteiger partial charge on any atom is -0.0882 e. The van der Waals surface area contributed by atoms with Gasteiger partial charge in [-0.15, -0.1) is 0 Å². The molecule has 0 aliphatic heterocycles. The molecule has 4 aliphatic rings. The van der Waals surface area contributed by atoms with Gasteiger partial charge in [0.2, 0.25) is 0 Å². The smallest absolute Gasteiger partial charge is 0.0229 e. The lowest BCUT2D eigenvalue weighted by atomic mass is 9.45. The van der Waals surface area contributed by atoms with E-state index < -0.39 is 0 Å². The molecule has 112 valence electrons. The zero-order valence-electron chi connectivity index (χ0n) is 13.7. The Labute approximate surface area is 125 Å². The molecule has 0 heteroatoms. The van der Waals surface area contributed by atoms with Crippen LogP contribution in [0.2, 0.25) is 0 Å². The minimum absolute atomic E-state index is 0.644. The summed E-state index contributed by atoms with van der Waals surface area (Å²) in [5, 5.41) is 0. The molecule has 0 radical (unpaired) electrons. The molecule has 0 aromatic heterocycles. The third-order valence-corrected chi connectivity index (χ3v) is 8.68. The summed E-state index contributed by atoms with van der Waals surface area (Å²) in [6.07, 6.45) is 16.9. The zero-order chi connectivity index (χ0) is 14.0. The fraction of sp³-hybridized carbons (Fsp3) is 0.900. The maximum atomic E-state index is 2.65. The molecule has 3 saturated carbocycles. The van der Waals surface area contributed by atoms with Crippen LogP contribution in [0.4, 0.5) is 0 Å². The third-order valence-electron chi connectivity index (χ3n) is 8.68. The van der Waals surface area contributed by atoms with Crippen molar-refractivity contribution >= 4 is 0 Å². The predicted octanol–water partition coefficient (Wildman–Crippen LogP) is 5.83. The SMILES string of the molecule is CC1CC[C@H]2[C@@H]3CCC4CC=CC[C@]4(C)[C@H]3CC[C@]12C. The maximum Gasteiger partial charge on any atom is -0.0229 e. The monoisotopic (exact) mass is 272 g/mol. The average Bonchev–Trinajstić information content (AvgIpc) is 2.74. The van der Waals surface area contributed by atoms with Gasteiger partial charge in [0.25, 0.3) is 0 Å². The second-order valence-corrected chi connectivity index (χ2v) is 9.09. The molecule has 3 fully saturated rings. The van der Waals surface area contributed by atoms with Gasteiger partial charge in [0.1, 0.15) is 0 Å². The fourth-order valence-corrected chi connectivity index (χ4v) is 7.10. The molecule has 0 saturated heterocycles. The van der Waals surface area contributed by atoms with E-state index in [4.69, 9.17) is 0 Å². The molecular formula is C20H32. The Hall–Kier alpha value is -0.260. The Balaban J connectivity index is 1.66. The van der Waals surface area contributed by atoms with E-state index in [-0.39, 0.29) is 0 Å². The maximum absolute atomic E-state index is 2.65. The lowest BCUT2D eigenvalue weighted by molar-refractivity contribution is -0.0947. The van der Waals surface area contributed by atoms with Gasteiger partial charge in [-0.05, 0) is 91.8 Å². The molecule has 20 heavy (non-hydrogen) atoms.